The van der Waals surface area contributed by atoms with Crippen LogP contribution < -0.4 is 16.0 Å². The van der Waals surface area contributed by atoms with Crippen molar-refractivity contribution in [1.29, 1.82) is 0 Å². The highest BCUT2D eigenvalue weighted by molar-refractivity contribution is 5.90. The summed E-state index contributed by atoms with van der Waals surface area (Å²) >= 11 is 0. The van der Waals surface area contributed by atoms with Gasteiger partial charge in [-0.1, -0.05) is 25.7 Å². The van der Waals surface area contributed by atoms with Crippen molar-refractivity contribution in [2.24, 2.45) is 0 Å². The number of anilines is 2. The van der Waals surface area contributed by atoms with Crippen molar-refractivity contribution in [2.75, 3.05) is 17.2 Å². The number of ether oxygens (including phenoxy) is 1. The number of urea groups is 1. The van der Waals surface area contributed by atoms with Gasteiger partial charge in [0.2, 0.25) is 0 Å². The Bertz CT molecular complexity index is 508. The van der Waals surface area contributed by atoms with Gasteiger partial charge < -0.3 is 15.4 Å². The summed E-state index contributed by atoms with van der Waals surface area (Å²) in [7, 11) is 0. The lowest BCUT2D eigenvalue weighted by molar-refractivity contribution is 0.168. The first-order valence-electron chi connectivity index (χ1n) is 8.28. The van der Waals surface area contributed by atoms with E-state index in [4.69, 9.17) is 4.74 Å². The number of hydrogen-bond acceptors (Lipinski definition) is 3. The van der Waals surface area contributed by atoms with Gasteiger partial charge in [0.25, 0.3) is 0 Å². The number of benzene rings is 1. The molecule has 0 bridgehead atoms. The fourth-order valence-electron chi connectivity index (χ4n) is 2.70. The number of amides is 3. The van der Waals surface area contributed by atoms with E-state index in [9.17, 15) is 9.59 Å². The van der Waals surface area contributed by atoms with Crippen molar-refractivity contribution < 1.29 is 14.3 Å². The topological polar surface area (TPSA) is 79.5 Å². The molecule has 0 heterocycles. The Hall–Kier alpha value is -2.24. The molecule has 1 saturated carbocycles. The van der Waals surface area contributed by atoms with Crippen LogP contribution >= 0.6 is 0 Å². The maximum absolute atomic E-state index is 12.0. The molecule has 2 rings (SSSR count). The Morgan fingerprint density at radius 1 is 1.00 bits per heavy atom. The summed E-state index contributed by atoms with van der Waals surface area (Å²) in [6.07, 6.45) is 6.49. The van der Waals surface area contributed by atoms with Gasteiger partial charge in [-0.2, -0.15) is 0 Å². The van der Waals surface area contributed by atoms with Crippen LogP contribution in [0.5, 0.6) is 0 Å². The van der Waals surface area contributed by atoms with Crippen molar-refractivity contribution in [3.05, 3.63) is 24.3 Å². The zero-order valence-corrected chi connectivity index (χ0v) is 13.6. The molecule has 3 amide bonds. The van der Waals surface area contributed by atoms with Crippen molar-refractivity contribution >= 4 is 23.5 Å². The number of carbonyl (C=O) groups is 2. The van der Waals surface area contributed by atoms with Crippen molar-refractivity contribution in [3.63, 3.8) is 0 Å². The van der Waals surface area contributed by atoms with Crippen LogP contribution in [0, 0.1) is 0 Å². The Balaban J connectivity index is 1.80. The summed E-state index contributed by atoms with van der Waals surface area (Å²) in [4.78, 5) is 23.3. The van der Waals surface area contributed by atoms with E-state index in [-0.39, 0.29) is 12.1 Å². The lowest BCUT2D eigenvalue weighted by atomic mass is 10.1. The number of rotatable bonds is 4. The van der Waals surface area contributed by atoms with E-state index in [2.05, 4.69) is 16.0 Å². The lowest BCUT2D eigenvalue weighted by Crippen LogP contribution is -2.37. The SMILES string of the molecule is CCOC(=O)Nc1ccc(NC(=O)NC2CCCCCC2)cc1. The minimum Gasteiger partial charge on any atom is -0.450 e. The number of carbonyl (C=O) groups excluding carboxylic acids is 2. The molecule has 0 atom stereocenters. The molecule has 0 radical (unpaired) electrons. The summed E-state index contributed by atoms with van der Waals surface area (Å²) < 4.78 is 4.81. The number of hydrogen-bond donors (Lipinski definition) is 3. The van der Waals surface area contributed by atoms with E-state index in [0.29, 0.717) is 18.0 Å². The summed E-state index contributed by atoms with van der Waals surface area (Å²) in [6, 6.07) is 7.02. The molecule has 0 aromatic heterocycles. The molecule has 1 aromatic carbocycles. The van der Waals surface area contributed by atoms with Crippen LogP contribution in [0.4, 0.5) is 21.0 Å². The molecule has 0 aliphatic heterocycles. The highest BCUT2D eigenvalue weighted by Gasteiger charge is 2.14. The molecule has 1 fully saturated rings. The molecule has 6 nitrogen and oxygen atoms in total. The van der Waals surface area contributed by atoms with Crippen molar-refractivity contribution in [1.82, 2.24) is 5.32 Å². The van der Waals surface area contributed by atoms with E-state index >= 15 is 0 Å². The van der Waals surface area contributed by atoms with Gasteiger partial charge >= 0.3 is 12.1 Å². The van der Waals surface area contributed by atoms with Gasteiger partial charge in [-0.15, -0.1) is 0 Å². The lowest BCUT2D eigenvalue weighted by Gasteiger charge is -2.16. The van der Waals surface area contributed by atoms with E-state index < -0.39 is 6.09 Å². The van der Waals surface area contributed by atoms with Gasteiger partial charge in [-0.25, -0.2) is 9.59 Å². The van der Waals surface area contributed by atoms with Crippen molar-refractivity contribution in [2.45, 2.75) is 51.5 Å². The number of nitrogens with one attached hydrogen (secondary N) is 3. The fraction of sp³-hybridized carbons (Fsp3) is 0.529. The normalized spacial score (nSPS) is 15.3. The predicted molar refractivity (Wildman–Crippen MR) is 90.7 cm³/mol. The van der Waals surface area contributed by atoms with Crippen molar-refractivity contribution in [3.8, 4) is 0 Å². The quantitative estimate of drug-likeness (QED) is 0.731. The van der Waals surface area contributed by atoms with Crippen LogP contribution in [0.3, 0.4) is 0 Å². The molecule has 0 saturated heterocycles. The maximum Gasteiger partial charge on any atom is 0.411 e. The molecule has 1 aliphatic rings. The van der Waals surface area contributed by atoms with Gasteiger partial charge in [0.1, 0.15) is 0 Å². The van der Waals surface area contributed by atoms with E-state index in [1.165, 1.54) is 25.7 Å². The first-order valence-corrected chi connectivity index (χ1v) is 8.28. The molecule has 1 aliphatic carbocycles. The Morgan fingerprint density at radius 3 is 2.13 bits per heavy atom. The molecular formula is C17H25N3O3. The molecule has 0 spiro atoms. The molecule has 6 heteroatoms. The van der Waals surface area contributed by atoms with Crippen LogP contribution in [-0.2, 0) is 4.74 Å². The summed E-state index contributed by atoms with van der Waals surface area (Å²) in [5, 5.41) is 8.46. The molecule has 1 aromatic rings. The zero-order chi connectivity index (χ0) is 16.5. The Labute approximate surface area is 137 Å². The first kappa shape index (κ1) is 17.1. The third-order valence-corrected chi connectivity index (χ3v) is 3.85. The van der Waals surface area contributed by atoms with Gasteiger partial charge in [0, 0.05) is 17.4 Å². The van der Waals surface area contributed by atoms with E-state index in [0.717, 1.165) is 12.8 Å². The second-order valence-corrected chi connectivity index (χ2v) is 5.71. The van der Waals surface area contributed by atoms with Gasteiger partial charge in [0.05, 0.1) is 6.61 Å². The monoisotopic (exact) mass is 319 g/mol. The van der Waals surface area contributed by atoms with Gasteiger partial charge in [0.15, 0.2) is 0 Å². The summed E-state index contributed by atoms with van der Waals surface area (Å²) in [6.45, 7) is 2.08. The van der Waals surface area contributed by atoms with E-state index in [1.54, 1.807) is 31.2 Å². The molecule has 3 N–H and O–H groups in total. The molecule has 126 valence electrons. The Kier molecular flexibility index (Phi) is 6.72. The zero-order valence-electron chi connectivity index (χ0n) is 13.6. The maximum atomic E-state index is 12.0. The smallest absolute Gasteiger partial charge is 0.411 e. The van der Waals surface area contributed by atoms with Crippen LogP contribution in [0.2, 0.25) is 0 Å². The average Bonchev–Trinajstić information content (AvgIpc) is 2.78. The highest BCUT2D eigenvalue weighted by Crippen LogP contribution is 2.18. The van der Waals surface area contributed by atoms with Crippen LogP contribution in [0.1, 0.15) is 45.4 Å². The minimum absolute atomic E-state index is 0.178. The molecular weight excluding hydrogens is 294 g/mol. The predicted octanol–water partition coefficient (Wildman–Crippen LogP) is 4.10. The van der Waals surface area contributed by atoms with Gasteiger partial charge in [-0.05, 0) is 44.0 Å². The second-order valence-electron chi connectivity index (χ2n) is 5.71. The Morgan fingerprint density at radius 2 is 1.57 bits per heavy atom. The van der Waals surface area contributed by atoms with Gasteiger partial charge in [-0.3, -0.25) is 5.32 Å². The van der Waals surface area contributed by atoms with Crippen LogP contribution in [0.25, 0.3) is 0 Å². The van der Waals surface area contributed by atoms with E-state index in [1.807, 2.05) is 0 Å². The summed E-state index contributed by atoms with van der Waals surface area (Å²) in [5.74, 6) is 0. The highest BCUT2D eigenvalue weighted by atomic mass is 16.5. The third kappa shape index (κ3) is 6.18. The third-order valence-electron chi connectivity index (χ3n) is 3.85. The molecule has 0 unspecified atom stereocenters. The van der Waals surface area contributed by atoms with Crippen LogP contribution in [0.15, 0.2) is 24.3 Å². The second kappa shape index (κ2) is 9.02. The average molecular weight is 319 g/mol. The first-order chi connectivity index (χ1) is 11.2. The summed E-state index contributed by atoms with van der Waals surface area (Å²) in [5.41, 5.74) is 1.31. The standard InChI is InChI=1S/C17H25N3O3/c1-2-23-17(22)20-15-11-9-14(10-12-15)19-16(21)18-13-7-5-3-4-6-8-13/h9-13H,2-8H2,1H3,(H,20,22)(H2,18,19,21). The minimum atomic E-state index is -0.487. The molecule has 23 heavy (non-hydrogen) atoms. The van der Waals surface area contributed by atoms with Crippen LogP contribution in [-0.4, -0.2) is 24.8 Å². The largest absolute Gasteiger partial charge is 0.450 e. The fourth-order valence-corrected chi connectivity index (χ4v) is 2.70.